The number of benzene rings is 1. The molecule has 0 aliphatic heterocycles. The lowest BCUT2D eigenvalue weighted by atomic mass is 10.2. The van der Waals surface area contributed by atoms with E-state index < -0.39 is 0 Å². The fraction of sp³-hybridized carbons (Fsp3) is 0.444. The maximum Gasteiger partial charge on any atom is 0.190 e. The first-order chi connectivity index (χ1) is 11.2. The zero-order chi connectivity index (χ0) is 16.5. The molecular weight excluding hydrogens is 413 g/mol. The molecule has 6 heteroatoms. The molecule has 1 heterocycles. The highest BCUT2D eigenvalue weighted by Crippen LogP contribution is 2.05. The van der Waals surface area contributed by atoms with Crippen LogP contribution in [0.5, 0.6) is 0 Å². The molecule has 132 valence electrons. The van der Waals surface area contributed by atoms with Crippen LogP contribution < -0.4 is 10.6 Å². The quantitative estimate of drug-likeness (QED) is 0.395. The maximum atomic E-state index is 4.47. The van der Waals surface area contributed by atoms with Crippen molar-refractivity contribution in [2.75, 3.05) is 20.1 Å². The number of imidazole rings is 1. The summed E-state index contributed by atoms with van der Waals surface area (Å²) in [6.45, 7) is 6.95. The van der Waals surface area contributed by atoms with E-state index in [2.05, 4.69) is 63.3 Å². The van der Waals surface area contributed by atoms with E-state index in [1.165, 1.54) is 5.56 Å². The van der Waals surface area contributed by atoms with Crippen molar-refractivity contribution in [2.45, 2.75) is 26.8 Å². The van der Waals surface area contributed by atoms with Crippen molar-refractivity contribution in [3.05, 3.63) is 54.1 Å². The molecule has 2 N–H and O–H groups in total. The smallest absolute Gasteiger partial charge is 0.190 e. The van der Waals surface area contributed by atoms with Crippen LogP contribution in [-0.4, -0.2) is 35.6 Å². The third-order valence-electron chi connectivity index (χ3n) is 3.54. The van der Waals surface area contributed by atoms with Gasteiger partial charge in [0, 0.05) is 45.5 Å². The number of guanidine groups is 1. The van der Waals surface area contributed by atoms with Crippen molar-refractivity contribution >= 4 is 29.9 Å². The van der Waals surface area contributed by atoms with Crippen LogP contribution in [0.1, 0.15) is 25.2 Å². The Labute approximate surface area is 162 Å². The molecule has 24 heavy (non-hydrogen) atoms. The second-order valence-electron chi connectivity index (χ2n) is 5.98. The highest BCUT2D eigenvalue weighted by Gasteiger charge is 2.05. The second-order valence-corrected chi connectivity index (χ2v) is 5.98. The Kier molecular flexibility index (Phi) is 9.44. The highest BCUT2D eigenvalue weighted by atomic mass is 127. The summed E-state index contributed by atoms with van der Waals surface area (Å²) >= 11 is 0. The molecule has 2 rings (SSSR count). The lowest BCUT2D eigenvalue weighted by Crippen LogP contribution is -2.40. The van der Waals surface area contributed by atoms with Gasteiger partial charge in [0.2, 0.25) is 0 Å². The molecular formula is C18H28IN5. The molecule has 5 nitrogen and oxygen atoms in total. The monoisotopic (exact) mass is 441 g/mol. The zero-order valence-corrected chi connectivity index (χ0v) is 17.0. The summed E-state index contributed by atoms with van der Waals surface area (Å²) in [4.78, 5) is 8.71. The minimum atomic E-state index is 0. The summed E-state index contributed by atoms with van der Waals surface area (Å²) in [6, 6.07) is 10.5. The van der Waals surface area contributed by atoms with Crippen molar-refractivity contribution in [3.8, 4) is 0 Å². The van der Waals surface area contributed by atoms with Gasteiger partial charge in [0.1, 0.15) is 5.82 Å². The zero-order valence-electron chi connectivity index (χ0n) is 14.7. The summed E-state index contributed by atoms with van der Waals surface area (Å²) in [6.07, 6.45) is 4.76. The molecule has 2 aromatic rings. The van der Waals surface area contributed by atoms with Crippen LogP contribution in [0.25, 0.3) is 0 Å². The molecule has 0 aliphatic rings. The van der Waals surface area contributed by atoms with Crippen LogP contribution >= 0.6 is 24.0 Å². The molecule has 1 aromatic carbocycles. The molecule has 0 saturated heterocycles. The van der Waals surface area contributed by atoms with Gasteiger partial charge in [-0.3, -0.25) is 4.99 Å². The minimum absolute atomic E-state index is 0. The SMILES string of the molecule is CN=C(NCCc1nccn1Cc1ccccc1)NCC(C)C.I. The first-order valence-electron chi connectivity index (χ1n) is 8.17. The van der Waals surface area contributed by atoms with E-state index in [1.807, 2.05) is 18.5 Å². The molecule has 0 amide bonds. The Morgan fingerprint density at radius 3 is 2.62 bits per heavy atom. The van der Waals surface area contributed by atoms with Crippen LogP contribution in [0.3, 0.4) is 0 Å². The van der Waals surface area contributed by atoms with Crippen LogP contribution in [0.2, 0.25) is 0 Å². The van der Waals surface area contributed by atoms with Gasteiger partial charge in [-0.25, -0.2) is 4.98 Å². The number of hydrogen-bond donors (Lipinski definition) is 2. The maximum absolute atomic E-state index is 4.47. The Hall–Kier alpha value is -1.57. The molecule has 0 atom stereocenters. The van der Waals surface area contributed by atoms with Gasteiger partial charge < -0.3 is 15.2 Å². The van der Waals surface area contributed by atoms with Gasteiger partial charge in [-0.05, 0) is 11.5 Å². The Morgan fingerprint density at radius 1 is 1.21 bits per heavy atom. The molecule has 0 unspecified atom stereocenters. The van der Waals surface area contributed by atoms with Gasteiger partial charge >= 0.3 is 0 Å². The second kappa shape index (κ2) is 11.1. The van der Waals surface area contributed by atoms with Gasteiger partial charge in [0.25, 0.3) is 0 Å². The van der Waals surface area contributed by atoms with Gasteiger partial charge in [-0.2, -0.15) is 0 Å². The predicted octanol–water partition coefficient (Wildman–Crippen LogP) is 2.91. The molecule has 0 saturated carbocycles. The molecule has 0 spiro atoms. The Morgan fingerprint density at radius 2 is 1.96 bits per heavy atom. The number of halogens is 1. The van der Waals surface area contributed by atoms with Gasteiger partial charge in [0.05, 0.1) is 0 Å². The Balaban J connectivity index is 0.00000288. The van der Waals surface area contributed by atoms with E-state index in [-0.39, 0.29) is 24.0 Å². The summed E-state index contributed by atoms with van der Waals surface area (Å²) in [5.74, 6) is 2.53. The molecule has 0 aliphatic carbocycles. The van der Waals surface area contributed by atoms with E-state index in [0.29, 0.717) is 5.92 Å². The first kappa shape index (κ1) is 20.5. The van der Waals surface area contributed by atoms with E-state index in [4.69, 9.17) is 0 Å². The van der Waals surface area contributed by atoms with Crippen molar-refractivity contribution in [1.29, 1.82) is 0 Å². The van der Waals surface area contributed by atoms with Crippen molar-refractivity contribution < 1.29 is 0 Å². The lowest BCUT2D eigenvalue weighted by Gasteiger charge is -2.14. The number of nitrogens with zero attached hydrogens (tertiary/aromatic N) is 3. The van der Waals surface area contributed by atoms with Crippen LogP contribution in [-0.2, 0) is 13.0 Å². The van der Waals surface area contributed by atoms with Gasteiger partial charge in [-0.15, -0.1) is 24.0 Å². The van der Waals surface area contributed by atoms with E-state index >= 15 is 0 Å². The summed E-state index contributed by atoms with van der Waals surface area (Å²) in [5, 5.41) is 6.65. The van der Waals surface area contributed by atoms with Gasteiger partial charge in [-0.1, -0.05) is 44.2 Å². The number of rotatable bonds is 7. The third-order valence-corrected chi connectivity index (χ3v) is 3.54. The van der Waals surface area contributed by atoms with Crippen LogP contribution in [0, 0.1) is 5.92 Å². The van der Waals surface area contributed by atoms with E-state index in [0.717, 1.165) is 37.8 Å². The van der Waals surface area contributed by atoms with Crippen LogP contribution in [0.4, 0.5) is 0 Å². The number of hydrogen-bond acceptors (Lipinski definition) is 2. The minimum Gasteiger partial charge on any atom is -0.356 e. The lowest BCUT2D eigenvalue weighted by molar-refractivity contribution is 0.612. The molecule has 0 radical (unpaired) electrons. The van der Waals surface area contributed by atoms with Crippen LogP contribution in [0.15, 0.2) is 47.7 Å². The predicted molar refractivity (Wildman–Crippen MR) is 111 cm³/mol. The fourth-order valence-electron chi connectivity index (χ4n) is 2.31. The Bertz CT molecular complexity index is 607. The average Bonchev–Trinajstić information content (AvgIpc) is 2.98. The third kappa shape index (κ3) is 6.90. The average molecular weight is 441 g/mol. The summed E-state index contributed by atoms with van der Waals surface area (Å²) < 4.78 is 2.20. The molecule has 1 aromatic heterocycles. The van der Waals surface area contributed by atoms with E-state index in [9.17, 15) is 0 Å². The van der Waals surface area contributed by atoms with Crippen molar-refractivity contribution in [1.82, 2.24) is 20.2 Å². The topological polar surface area (TPSA) is 54.2 Å². The normalized spacial score (nSPS) is 11.2. The highest BCUT2D eigenvalue weighted by molar-refractivity contribution is 14.0. The number of aliphatic imine (C=N–C) groups is 1. The number of nitrogens with one attached hydrogen (secondary N) is 2. The van der Waals surface area contributed by atoms with Crippen molar-refractivity contribution in [3.63, 3.8) is 0 Å². The molecule has 0 fully saturated rings. The standard InChI is InChI=1S/C18H27N5.HI/c1-15(2)13-22-18(19-3)21-10-9-17-20-11-12-23(17)14-16-7-5-4-6-8-16;/h4-8,11-12,15H,9-10,13-14H2,1-3H3,(H2,19,21,22);1H. The number of aromatic nitrogens is 2. The largest absolute Gasteiger partial charge is 0.356 e. The van der Waals surface area contributed by atoms with Gasteiger partial charge in [0.15, 0.2) is 5.96 Å². The molecule has 0 bridgehead atoms. The van der Waals surface area contributed by atoms with Crippen molar-refractivity contribution in [2.24, 2.45) is 10.9 Å². The summed E-state index contributed by atoms with van der Waals surface area (Å²) in [7, 11) is 1.80. The van der Waals surface area contributed by atoms with E-state index in [1.54, 1.807) is 7.05 Å². The fourth-order valence-corrected chi connectivity index (χ4v) is 2.31. The first-order valence-corrected chi connectivity index (χ1v) is 8.17. The summed E-state index contributed by atoms with van der Waals surface area (Å²) in [5.41, 5.74) is 1.29.